The van der Waals surface area contributed by atoms with E-state index in [1.54, 1.807) is 0 Å². The topological polar surface area (TPSA) is 0 Å². The van der Waals surface area contributed by atoms with Gasteiger partial charge in [-0.3, -0.25) is 0 Å². The summed E-state index contributed by atoms with van der Waals surface area (Å²) in [7, 11) is 0. The van der Waals surface area contributed by atoms with Crippen LogP contribution in [0.15, 0.2) is 0 Å². The Hall–Kier alpha value is 3.41. The van der Waals surface area contributed by atoms with Gasteiger partial charge in [0.2, 0.25) is 0 Å². The van der Waals surface area contributed by atoms with Crippen molar-refractivity contribution in [3.05, 3.63) is 0 Å². The monoisotopic (exact) mass is 465 g/mol. The van der Waals surface area contributed by atoms with Crippen LogP contribution >= 0.6 is 0 Å². The fourth-order valence-electron chi connectivity index (χ4n) is 0. The smallest absolute Gasteiger partial charge is 0 e. The van der Waals surface area contributed by atoms with Crippen LogP contribution in [0.4, 0.5) is 0 Å². The molecule has 0 N–H and O–H groups in total. The Bertz CT molecular complexity index is 3.25. The molecule has 0 saturated heterocycles. The van der Waals surface area contributed by atoms with Crippen LogP contribution < -0.4 is 0 Å². The Morgan fingerprint density at radius 1 is 0.500 bits per heavy atom. The van der Waals surface area contributed by atoms with Crippen molar-refractivity contribution in [3.8, 4) is 0 Å². The molecule has 0 aliphatic heterocycles. The molecule has 4 heavy (non-hydrogen) atoms. The Kier molecular flexibility index (Phi) is 106. The minimum atomic E-state index is 0. The van der Waals surface area contributed by atoms with Crippen LogP contribution in [-0.2, 0) is 0 Å². The first kappa shape index (κ1) is 26.2. The van der Waals surface area contributed by atoms with Crippen LogP contribution in [0.3, 0.4) is 0 Å². The predicted molar refractivity (Wildman–Crippen MR) is 23.0 cm³/mol. The van der Waals surface area contributed by atoms with E-state index in [1.165, 1.54) is 0 Å². The average molecular weight is 463 g/mol. The zero-order chi connectivity index (χ0) is 0. The molecule has 0 fully saturated rings. The van der Waals surface area contributed by atoms with Gasteiger partial charge in [0.15, 0.2) is 0 Å². The van der Waals surface area contributed by atoms with Crippen molar-refractivity contribution in [1.82, 2.24) is 0 Å². The third-order valence-corrected chi connectivity index (χ3v) is 0. The zero-order valence-electron chi connectivity index (χ0n) is 2.23. The van der Waals surface area contributed by atoms with E-state index in [2.05, 4.69) is 0 Å². The summed E-state index contributed by atoms with van der Waals surface area (Å²) >= 11 is 0. The SMILES string of the molecule is [In].[In].[In].[Sn]. The maximum atomic E-state index is 0. The molecule has 0 saturated carbocycles. The van der Waals surface area contributed by atoms with E-state index in [9.17, 15) is 0 Å². The summed E-state index contributed by atoms with van der Waals surface area (Å²) in [6.07, 6.45) is 0. The second-order valence-electron chi connectivity index (χ2n) is 0. The molecule has 0 aromatic rings. The van der Waals surface area contributed by atoms with Crippen LogP contribution in [-0.4, -0.2) is 101 Å². The molecule has 0 aromatic heterocycles. The molecule has 0 heterocycles. The molecule has 0 atom stereocenters. The molecule has 0 amide bonds. The van der Waals surface area contributed by atoms with Gasteiger partial charge in [-0.05, 0) is 0 Å². The summed E-state index contributed by atoms with van der Waals surface area (Å²) in [6.45, 7) is 0. The largest absolute Gasteiger partial charge is 0 e. The molecular weight excluding hydrogens is 463 g/mol. The molecule has 13 radical (unpaired) electrons. The van der Waals surface area contributed by atoms with Crippen LogP contribution in [0, 0.1) is 0 Å². The van der Waals surface area contributed by atoms with Gasteiger partial charge >= 0.3 is 0 Å². The second kappa shape index (κ2) is 16.1. The fourth-order valence-corrected chi connectivity index (χ4v) is 0. The van der Waals surface area contributed by atoms with E-state index in [0.29, 0.717) is 0 Å². The minimum absolute atomic E-state index is 0. The third-order valence-electron chi connectivity index (χ3n) is 0. The van der Waals surface area contributed by atoms with Crippen molar-refractivity contribution in [2.45, 2.75) is 0 Å². The molecule has 0 aromatic carbocycles. The van der Waals surface area contributed by atoms with Gasteiger partial charge in [0, 0.05) is 101 Å². The predicted octanol–water partition coefficient (Wildman–Crippen LogP) is -1.52. The molecule has 0 aliphatic rings. The van der Waals surface area contributed by atoms with Gasteiger partial charge in [0.1, 0.15) is 0 Å². The molecule has 0 nitrogen and oxygen atoms in total. The average Bonchev–Trinajstić information content (AvgIpc) is 0. The standard InChI is InChI=1S/3In.Sn. The van der Waals surface area contributed by atoms with E-state index in [1.807, 2.05) is 0 Å². The van der Waals surface area contributed by atoms with Gasteiger partial charge in [0.05, 0.1) is 0 Å². The molecular formula is In3Sn. The summed E-state index contributed by atoms with van der Waals surface area (Å²) in [4.78, 5) is 0. The first-order valence-electron chi connectivity index (χ1n) is 0. The van der Waals surface area contributed by atoms with Crippen LogP contribution in [0.5, 0.6) is 0 Å². The van der Waals surface area contributed by atoms with Gasteiger partial charge in [-0.15, -0.1) is 0 Å². The molecule has 0 rings (SSSR count). The van der Waals surface area contributed by atoms with Crippen molar-refractivity contribution in [2.75, 3.05) is 0 Å². The van der Waals surface area contributed by atoms with Crippen LogP contribution in [0.2, 0.25) is 0 Å². The second-order valence-corrected chi connectivity index (χ2v) is 0. The minimum Gasteiger partial charge on any atom is 0 e. The van der Waals surface area contributed by atoms with E-state index in [0.717, 1.165) is 0 Å². The van der Waals surface area contributed by atoms with Gasteiger partial charge < -0.3 is 0 Å². The molecule has 4 heteroatoms. The summed E-state index contributed by atoms with van der Waals surface area (Å²) in [5, 5.41) is 0. The van der Waals surface area contributed by atoms with Gasteiger partial charge in [0.25, 0.3) is 0 Å². The normalized spacial score (nSPS) is 0. The van der Waals surface area contributed by atoms with Crippen LogP contribution in [0.1, 0.15) is 0 Å². The number of hydrogen-bond donors (Lipinski definition) is 0. The van der Waals surface area contributed by atoms with E-state index in [4.69, 9.17) is 0 Å². The van der Waals surface area contributed by atoms with E-state index < -0.39 is 0 Å². The molecule has 0 bridgehead atoms. The molecule has 13 valence electrons. The Labute approximate surface area is 99.2 Å². The summed E-state index contributed by atoms with van der Waals surface area (Å²) in [6, 6.07) is 0. The van der Waals surface area contributed by atoms with Gasteiger partial charge in [-0.1, -0.05) is 0 Å². The first-order chi connectivity index (χ1) is 0. The van der Waals surface area contributed by atoms with Crippen molar-refractivity contribution in [1.29, 1.82) is 0 Å². The summed E-state index contributed by atoms with van der Waals surface area (Å²) < 4.78 is 0. The van der Waals surface area contributed by atoms with Gasteiger partial charge in [-0.2, -0.15) is 0 Å². The van der Waals surface area contributed by atoms with E-state index in [-0.39, 0.29) is 101 Å². The van der Waals surface area contributed by atoms with Gasteiger partial charge in [-0.25, -0.2) is 0 Å². The number of rotatable bonds is 0. The summed E-state index contributed by atoms with van der Waals surface area (Å²) in [5.41, 5.74) is 0. The van der Waals surface area contributed by atoms with Crippen molar-refractivity contribution >= 4 is 101 Å². The first-order valence-corrected chi connectivity index (χ1v) is 0. The van der Waals surface area contributed by atoms with Crippen molar-refractivity contribution < 1.29 is 0 Å². The maximum absolute atomic E-state index is 0. The Morgan fingerprint density at radius 3 is 0.500 bits per heavy atom. The third kappa shape index (κ3) is 9.05. The molecule has 0 aliphatic carbocycles. The molecule has 0 unspecified atom stereocenters. The van der Waals surface area contributed by atoms with Crippen molar-refractivity contribution in [3.63, 3.8) is 0 Å². The Balaban J connectivity index is 0. The van der Waals surface area contributed by atoms with E-state index >= 15 is 0 Å². The van der Waals surface area contributed by atoms with Crippen molar-refractivity contribution in [2.24, 2.45) is 0 Å². The maximum Gasteiger partial charge on any atom is 0 e. The fraction of sp³-hybridized carbons (Fsp3) is 0. The Morgan fingerprint density at radius 2 is 0.500 bits per heavy atom. The zero-order valence-corrected chi connectivity index (χ0v) is 15.0. The summed E-state index contributed by atoms with van der Waals surface area (Å²) in [5.74, 6) is 0. The quantitative estimate of drug-likeness (QED) is 0.383. The van der Waals surface area contributed by atoms with Crippen LogP contribution in [0.25, 0.3) is 0 Å². The number of hydrogen-bond acceptors (Lipinski definition) is 0. The molecule has 0 spiro atoms.